The maximum Gasteiger partial charge on any atom is 0.254 e. The number of aromatic amines is 1. The fourth-order valence-corrected chi connectivity index (χ4v) is 2.83. The normalized spacial score (nSPS) is 12.2. The summed E-state index contributed by atoms with van der Waals surface area (Å²) in [7, 11) is 0. The van der Waals surface area contributed by atoms with Crippen LogP contribution in [0.1, 0.15) is 49.0 Å². The van der Waals surface area contributed by atoms with Gasteiger partial charge in [0.05, 0.1) is 6.04 Å². The van der Waals surface area contributed by atoms with E-state index in [2.05, 4.69) is 15.3 Å². The topological polar surface area (TPSA) is 74.8 Å². The highest BCUT2D eigenvalue weighted by molar-refractivity contribution is 5.76. The Hall–Kier alpha value is -2.50. The van der Waals surface area contributed by atoms with Gasteiger partial charge in [-0.25, -0.2) is 9.37 Å². The van der Waals surface area contributed by atoms with Crippen molar-refractivity contribution in [2.75, 3.05) is 0 Å². The second kappa shape index (κ2) is 8.05. The van der Waals surface area contributed by atoms with Crippen LogP contribution in [0, 0.1) is 25.6 Å². The zero-order chi connectivity index (χ0) is 18.6. The van der Waals surface area contributed by atoms with Crippen LogP contribution in [0.2, 0.25) is 0 Å². The number of amides is 1. The summed E-state index contributed by atoms with van der Waals surface area (Å²) < 4.78 is 13.1. The molecule has 0 aliphatic carbocycles. The van der Waals surface area contributed by atoms with Crippen molar-refractivity contribution in [2.45, 2.75) is 46.6 Å². The number of halogens is 1. The van der Waals surface area contributed by atoms with Crippen molar-refractivity contribution in [1.29, 1.82) is 0 Å². The molecule has 25 heavy (non-hydrogen) atoms. The number of nitrogens with one attached hydrogen (secondary N) is 2. The van der Waals surface area contributed by atoms with Crippen molar-refractivity contribution in [2.24, 2.45) is 5.92 Å². The molecule has 0 spiro atoms. The Morgan fingerprint density at radius 2 is 1.88 bits per heavy atom. The molecule has 1 amide bonds. The van der Waals surface area contributed by atoms with Crippen LogP contribution in [0.3, 0.4) is 0 Å². The predicted molar refractivity (Wildman–Crippen MR) is 94.8 cm³/mol. The van der Waals surface area contributed by atoms with Gasteiger partial charge in [-0.05, 0) is 43.9 Å². The third-order valence-corrected chi connectivity index (χ3v) is 4.16. The number of aromatic nitrogens is 2. The highest BCUT2D eigenvalue weighted by Crippen LogP contribution is 2.22. The van der Waals surface area contributed by atoms with Crippen molar-refractivity contribution in [1.82, 2.24) is 15.3 Å². The lowest BCUT2D eigenvalue weighted by Crippen LogP contribution is -2.32. The molecule has 1 heterocycles. The van der Waals surface area contributed by atoms with E-state index in [-0.39, 0.29) is 35.7 Å². The van der Waals surface area contributed by atoms with E-state index in [1.54, 1.807) is 26.0 Å². The molecule has 0 radical (unpaired) electrons. The molecule has 2 N–H and O–H groups in total. The van der Waals surface area contributed by atoms with E-state index in [0.29, 0.717) is 23.5 Å². The average Bonchev–Trinajstić information content (AvgIpc) is 2.52. The highest BCUT2D eigenvalue weighted by Gasteiger charge is 2.19. The fraction of sp³-hybridized carbons (Fsp3) is 0.421. The number of hydrogen-bond donors (Lipinski definition) is 2. The van der Waals surface area contributed by atoms with Gasteiger partial charge in [0.1, 0.15) is 11.6 Å². The van der Waals surface area contributed by atoms with Crippen molar-refractivity contribution < 1.29 is 9.18 Å². The smallest absolute Gasteiger partial charge is 0.254 e. The van der Waals surface area contributed by atoms with Gasteiger partial charge >= 0.3 is 0 Å². The first-order chi connectivity index (χ1) is 11.8. The molecule has 2 rings (SSSR count). The predicted octanol–water partition coefficient (Wildman–Crippen LogP) is 2.97. The number of hydrogen-bond acceptors (Lipinski definition) is 3. The molecular weight excluding hydrogens is 321 g/mol. The van der Waals surface area contributed by atoms with Gasteiger partial charge in [0.25, 0.3) is 5.56 Å². The molecule has 0 aliphatic heterocycles. The summed E-state index contributed by atoms with van der Waals surface area (Å²) >= 11 is 0. The molecule has 134 valence electrons. The second-order valence-electron chi connectivity index (χ2n) is 6.56. The molecule has 0 bridgehead atoms. The van der Waals surface area contributed by atoms with Crippen LogP contribution in [-0.4, -0.2) is 15.9 Å². The van der Waals surface area contributed by atoms with E-state index >= 15 is 0 Å². The SMILES string of the molecule is Cc1nc(C)c(CCC(=O)NC(c2ccc(F)cc2)C(C)C)c(=O)[nH]1. The first-order valence-corrected chi connectivity index (χ1v) is 8.39. The number of rotatable bonds is 6. The summed E-state index contributed by atoms with van der Waals surface area (Å²) in [5.74, 6) is 0.258. The standard InChI is InChI=1S/C19H24FN3O2/c1-11(2)18(14-5-7-15(20)8-6-14)23-17(24)10-9-16-12(3)21-13(4)22-19(16)25/h5-8,11,18H,9-10H2,1-4H3,(H,23,24)(H,21,22,25). The van der Waals surface area contributed by atoms with E-state index in [1.165, 1.54) is 12.1 Å². The Labute approximate surface area is 146 Å². The summed E-state index contributed by atoms with van der Waals surface area (Å²) in [5, 5.41) is 2.98. The minimum atomic E-state index is -0.306. The van der Waals surface area contributed by atoms with Crippen molar-refractivity contribution >= 4 is 5.91 Å². The summed E-state index contributed by atoms with van der Waals surface area (Å²) in [4.78, 5) is 31.2. The van der Waals surface area contributed by atoms with Crippen molar-refractivity contribution in [3.05, 3.63) is 63.1 Å². The molecule has 6 heteroatoms. The molecule has 0 fully saturated rings. The summed E-state index contributed by atoms with van der Waals surface area (Å²) in [6, 6.07) is 5.93. The third-order valence-electron chi connectivity index (χ3n) is 4.16. The summed E-state index contributed by atoms with van der Waals surface area (Å²) in [5.41, 5.74) is 1.84. The van der Waals surface area contributed by atoms with E-state index < -0.39 is 0 Å². The monoisotopic (exact) mass is 345 g/mol. The summed E-state index contributed by atoms with van der Waals surface area (Å²) in [6.45, 7) is 7.48. The van der Waals surface area contributed by atoms with E-state index in [9.17, 15) is 14.0 Å². The molecule has 5 nitrogen and oxygen atoms in total. The molecular formula is C19H24FN3O2. The lowest BCUT2D eigenvalue weighted by Gasteiger charge is -2.23. The van der Waals surface area contributed by atoms with Gasteiger partial charge < -0.3 is 10.3 Å². The van der Waals surface area contributed by atoms with Crippen molar-refractivity contribution in [3.8, 4) is 0 Å². The van der Waals surface area contributed by atoms with Gasteiger partial charge in [-0.2, -0.15) is 0 Å². The number of carbonyl (C=O) groups is 1. The first kappa shape index (κ1) is 18.8. The van der Waals surface area contributed by atoms with Crippen molar-refractivity contribution in [3.63, 3.8) is 0 Å². The van der Waals surface area contributed by atoms with Crippen LogP contribution < -0.4 is 10.9 Å². The van der Waals surface area contributed by atoms with Gasteiger partial charge in [-0.1, -0.05) is 26.0 Å². The van der Waals surface area contributed by atoms with Crippen LogP contribution in [0.15, 0.2) is 29.1 Å². The summed E-state index contributed by atoms with van der Waals surface area (Å²) in [6.07, 6.45) is 0.521. The van der Waals surface area contributed by atoms with Gasteiger partial charge in [-0.15, -0.1) is 0 Å². The molecule has 1 unspecified atom stereocenters. The lowest BCUT2D eigenvalue weighted by molar-refractivity contribution is -0.122. The second-order valence-corrected chi connectivity index (χ2v) is 6.56. The molecule has 1 aromatic heterocycles. The fourth-order valence-electron chi connectivity index (χ4n) is 2.83. The maximum absolute atomic E-state index is 13.1. The Kier molecular flexibility index (Phi) is 6.07. The van der Waals surface area contributed by atoms with Gasteiger partial charge in [0.15, 0.2) is 0 Å². The molecule has 0 saturated heterocycles. The number of aryl methyl sites for hydroxylation is 2. The Bertz CT molecular complexity index is 797. The maximum atomic E-state index is 13.1. The Balaban J connectivity index is 2.05. The van der Waals surface area contributed by atoms with Gasteiger partial charge in [-0.3, -0.25) is 9.59 Å². The zero-order valence-electron chi connectivity index (χ0n) is 15.0. The number of H-pyrrole nitrogens is 1. The first-order valence-electron chi connectivity index (χ1n) is 8.39. The third kappa shape index (κ3) is 4.98. The Morgan fingerprint density at radius 3 is 2.44 bits per heavy atom. The largest absolute Gasteiger partial charge is 0.349 e. The minimum Gasteiger partial charge on any atom is -0.349 e. The minimum absolute atomic E-state index is 0.151. The Morgan fingerprint density at radius 1 is 1.24 bits per heavy atom. The van der Waals surface area contributed by atoms with Crippen LogP contribution >= 0.6 is 0 Å². The van der Waals surface area contributed by atoms with E-state index in [0.717, 1.165) is 5.56 Å². The number of nitrogens with zero attached hydrogens (tertiary/aromatic N) is 1. The molecule has 0 aliphatic rings. The average molecular weight is 345 g/mol. The van der Waals surface area contributed by atoms with Crippen LogP contribution in [0.5, 0.6) is 0 Å². The highest BCUT2D eigenvalue weighted by atomic mass is 19.1. The van der Waals surface area contributed by atoms with E-state index in [4.69, 9.17) is 0 Å². The molecule has 1 aromatic carbocycles. The van der Waals surface area contributed by atoms with Gasteiger partial charge in [0, 0.05) is 17.7 Å². The van der Waals surface area contributed by atoms with Gasteiger partial charge in [0.2, 0.25) is 5.91 Å². The lowest BCUT2D eigenvalue weighted by atomic mass is 9.95. The number of carbonyl (C=O) groups excluding carboxylic acids is 1. The number of benzene rings is 1. The molecule has 2 aromatic rings. The van der Waals surface area contributed by atoms with Crippen LogP contribution in [-0.2, 0) is 11.2 Å². The van der Waals surface area contributed by atoms with Crippen LogP contribution in [0.25, 0.3) is 0 Å². The van der Waals surface area contributed by atoms with Crippen LogP contribution in [0.4, 0.5) is 4.39 Å². The zero-order valence-corrected chi connectivity index (χ0v) is 15.0. The molecule has 1 atom stereocenters. The quantitative estimate of drug-likeness (QED) is 0.845. The molecule has 0 saturated carbocycles. The van der Waals surface area contributed by atoms with E-state index in [1.807, 2.05) is 13.8 Å².